The molecule has 0 aliphatic heterocycles. The molecule has 136 valence electrons. The molecule has 0 aliphatic carbocycles. The topological polar surface area (TPSA) is 47.0 Å². The molecule has 2 aromatic heterocycles. The molecule has 0 saturated carbocycles. The maximum absolute atomic E-state index is 5.49. The highest BCUT2D eigenvalue weighted by molar-refractivity contribution is 7.18. The summed E-state index contributed by atoms with van der Waals surface area (Å²) in [5.74, 6) is 2.43. The van der Waals surface area contributed by atoms with Crippen LogP contribution < -0.4 is 10.1 Å². The number of para-hydroxylation sites is 2. The molecule has 0 bridgehead atoms. The summed E-state index contributed by atoms with van der Waals surface area (Å²) in [6, 6.07) is 18.2. The lowest BCUT2D eigenvalue weighted by atomic mass is 10.1. The Bertz CT molecular complexity index is 1090. The van der Waals surface area contributed by atoms with Crippen molar-refractivity contribution < 1.29 is 4.74 Å². The third-order valence-corrected chi connectivity index (χ3v) is 5.74. The van der Waals surface area contributed by atoms with Gasteiger partial charge >= 0.3 is 0 Å². The Hall–Kier alpha value is -2.92. The summed E-state index contributed by atoms with van der Waals surface area (Å²) in [6.07, 6.45) is 0.702. The summed E-state index contributed by atoms with van der Waals surface area (Å²) < 4.78 is 5.49. The third kappa shape index (κ3) is 3.51. The molecule has 0 aliphatic rings. The van der Waals surface area contributed by atoms with E-state index >= 15 is 0 Å². The van der Waals surface area contributed by atoms with E-state index in [1.54, 1.807) is 18.4 Å². The van der Waals surface area contributed by atoms with Gasteiger partial charge < -0.3 is 10.1 Å². The first-order valence-electron chi connectivity index (χ1n) is 8.86. The van der Waals surface area contributed by atoms with E-state index in [1.165, 1.54) is 16.0 Å². The number of nitrogens with zero attached hydrogens (tertiary/aromatic N) is 2. The molecule has 2 heterocycles. The number of thiophene rings is 1. The SMILES string of the molecule is COc1ccccc1Nc1nc(Cc2ccccc2)nc2sc(C)c(C)c12. The van der Waals surface area contributed by atoms with Crippen LogP contribution in [0.2, 0.25) is 0 Å². The third-order valence-electron chi connectivity index (χ3n) is 4.64. The molecule has 4 aromatic rings. The highest BCUT2D eigenvalue weighted by atomic mass is 32.1. The van der Waals surface area contributed by atoms with E-state index in [1.807, 2.05) is 42.5 Å². The Labute approximate surface area is 162 Å². The zero-order valence-electron chi connectivity index (χ0n) is 15.6. The highest BCUT2D eigenvalue weighted by Gasteiger charge is 2.16. The number of aryl methyl sites for hydroxylation is 2. The van der Waals surface area contributed by atoms with Gasteiger partial charge in [-0.1, -0.05) is 42.5 Å². The Balaban J connectivity index is 1.81. The Morgan fingerprint density at radius 3 is 2.48 bits per heavy atom. The van der Waals surface area contributed by atoms with Crippen molar-refractivity contribution in [1.82, 2.24) is 9.97 Å². The number of nitrogens with one attached hydrogen (secondary N) is 1. The molecular formula is C22H21N3OS. The van der Waals surface area contributed by atoms with E-state index < -0.39 is 0 Å². The predicted octanol–water partition coefficient (Wildman–Crippen LogP) is 5.65. The number of benzene rings is 2. The van der Waals surface area contributed by atoms with Crippen LogP contribution in [-0.2, 0) is 6.42 Å². The van der Waals surface area contributed by atoms with Gasteiger partial charge in [-0.15, -0.1) is 11.3 Å². The summed E-state index contributed by atoms with van der Waals surface area (Å²) in [6.45, 7) is 4.26. The second-order valence-electron chi connectivity index (χ2n) is 6.44. The number of aromatic nitrogens is 2. The van der Waals surface area contributed by atoms with Crippen molar-refractivity contribution in [3.05, 3.63) is 76.4 Å². The summed E-state index contributed by atoms with van der Waals surface area (Å²) in [4.78, 5) is 12.0. The smallest absolute Gasteiger partial charge is 0.143 e. The van der Waals surface area contributed by atoms with Gasteiger partial charge in [-0.2, -0.15) is 0 Å². The van der Waals surface area contributed by atoms with Gasteiger partial charge in [0, 0.05) is 11.3 Å². The average molecular weight is 375 g/mol. The summed E-state index contributed by atoms with van der Waals surface area (Å²) in [5.41, 5.74) is 3.32. The molecule has 1 N–H and O–H groups in total. The molecule has 0 atom stereocenters. The van der Waals surface area contributed by atoms with E-state index in [9.17, 15) is 0 Å². The van der Waals surface area contributed by atoms with Crippen LogP contribution in [-0.4, -0.2) is 17.1 Å². The van der Waals surface area contributed by atoms with Crippen molar-refractivity contribution in [2.75, 3.05) is 12.4 Å². The van der Waals surface area contributed by atoms with Crippen molar-refractivity contribution in [3.63, 3.8) is 0 Å². The van der Waals surface area contributed by atoms with Gasteiger partial charge in [0.15, 0.2) is 0 Å². The molecule has 2 aromatic carbocycles. The minimum atomic E-state index is 0.702. The van der Waals surface area contributed by atoms with Crippen molar-refractivity contribution in [2.45, 2.75) is 20.3 Å². The first-order valence-corrected chi connectivity index (χ1v) is 9.68. The molecule has 0 radical (unpaired) electrons. The van der Waals surface area contributed by atoms with Gasteiger partial charge in [-0.05, 0) is 37.1 Å². The first-order chi connectivity index (χ1) is 13.2. The second kappa shape index (κ2) is 7.37. The minimum absolute atomic E-state index is 0.702. The zero-order valence-corrected chi connectivity index (χ0v) is 16.4. The lowest BCUT2D eigenvalue weighted by Gasteiger charge is -2.13. The van der Waals surface area contributed by atoms with Crippen LogP contribution in [0.25, 0.3) is 10.2 Å². The van der Waals surface area contributed by atoms with Gasteiger partial charge in [-0.3, -0.25) is 0 Å². The molecule has 0 saturated heterocycles. The van der Waals surface area contributed by atoms with E-state index in [-0.39, 0.29) is 0 Å². The molecule has 0 amide bonds. The maximum Gasteiger partial charge on any atom is 0.143 e. The minimum Gasteiger partial charge on any atom is -0.495 e. The average Bonchev–Trinajstić information content (AvgIpc) is 2.97. The number of methoxy groups -OCH3 is 1. The number of rotatable bonds is 5. The lowest BCUT2D eigenvalue weighted by molar-refractivity contribution is 0.417. The maximum atomic E-state index is 5.49. The van der Waals surface area contributed by atoms with Gasteiger partial charge in [0.2, 0.25) is 0 Å². The van der Waals surface area contributed by atoms with E-state index in [0.29, 0.717) is 6.42 Å². The quantitative estimate of drug-likeness (QED) is 0.489. The van der Waals surface area contributed by atoms with E-state index in [2.05, 4.69) is 31.3 Å². The lowest BCUT2D eigenvalue weighted by Crippen LogP contribution is -2.03. The van der Waals surface area contributed by atoms with Crippen LogP contribution in [0, 0.1) is 13.8 Å². The summed E-state index contributed by atoms with van der Waals surface area (Å²) >= 11 is 1.72. The van der Waals surface area contributed by atoms with Crippen molar-refractivity contribution >= 4 is 33.1 Å². The number of fused-ring (bicyclic) bond motifs is 1. The summed E-state index contributed by atoms with van der Waals surface area (Å²) in [7, 11) is 1.68. The molecule has 4 rings (SSSR count). The largest absolute Gasteiger partial charge is 0.495 e. The van der Waals surface area contributed by atoms with E-state index in [4.69, 9.17) is 14.7 Å². The van der Waals surface area contributed by atoms with Crippen LogP contribution in [0.5, 0.6) is 5.75 Å². The standard InChI is InChI=1S/C22H21N3OS/c1-14-15(2)27-22-20(14)21(23-17-11-7-8-12-18(17)26-3)24-19(25-22)13-16-9-5-4-6-10-16/h4-12H,13H2,1-3H3,(H,23,24,25). The van der Waals surface area contributed by atoms with Gasteiger partial charge in [-0.25, -0.2) is 9.97 Å². The van der Waals surface area contributed by atoms with Crippen LogP contribution in [0.4, 0.5) is 11.5 Å². The van der Waals surface area contributed by atoms with Crippen LogP contribution in [0.15, 0.2) is 54.6 Å². The zero-order chi connectivity index (χ0) is 18.8. The number of hydrogen-bond acceptors (Lipinski definition) is 5. The fraction of sp³-hybridized carbons (Fsp3) is 0.182. The fourth-order valence-electron chi connectivity index (χ4n) is 3.12. The van der Waals surface area contributed by atoms with Gasteiger partial charge in [0.1, 0.15) is 22.2 Å². The molecular weight excluding hydrogens is 354 g/mol. The Morgan fingerprint density at radius 1 is 0.963 bits per heavy atom. The normalized spacial score (nSPS) is 10.9. The number of ether oxygens (including phenoxy) is 1. The Morgan fingerprint density at radius 2 is 1.70 bits per heavy atom. The van der Waals surface area contributed by atoms with Crippen LogP contribution >= 0.6 is 11.3 Å². The monoisotopic (exact) mass is 375 g/mol. The van der Waals surface area contributed by atoms with Gasteiger partial charge in [0.25, 0.3) is 0 Å². The Kier molecular flexibility index (Phi) is 4.77. The highest BCUT2D eigenvalue weighted by Crippen LogP contribution is 2.36. The van der Waals surface area contributed by atoms with Crippen LogP contribution in [0.1, 0.15) is 21.8 Å². The molecule has 27 heavy (non-hydrogen) atoms. The van der Waals surface area contributed by atoms with E-state index in [0.717, 1.165) is 33.3 Å². The molecule has 4 nitrogen and oxygen atoms in total. The number of hydrogen-bond donors (Lipinski definition) is 1. The molecule has 0 spiro atoms. The number of anilines is 2. The molecule has 5 heteroatoms. The molecule has 0 unspecified atom stereocenters. The van der Waals surface area contributed by atoms with Crippen LogP contribution in [0.3, 0.4) is 0 Å². The fourth-order valence-corrected chi connectivity index (χ4v) is 4.17. The first kappa shape index (κ1) is 17.5. The molecule has 0 fully saturated rings. The van der Waals surface area contributed by atoms with Gasteiger partial charge in [0.05, 0.1) is 18.2 Å². The predicted molar refractivity (Wildman–Crippen MR) is 112 cm³/mol. The summed E-state index contributed by atoms with van der Waals surface area (Å²) in [5, 5.41) is 4.56. The van der Waals surface area contributed by atoms with Crippen molar-refractivity contribution in [2.24, 2.45) is 0 Å². The van der Waals surface area contributed by atoms with Crippen molar-refractivity contribution in [3.8, 4) is 5.75 Å². The van der Waals surface area contributed by atoms with Crippen molar-refractivity contribution in [1.29, 1.82) is 0 Å². The second-order valence-corrected chi connectivity index (χ2v) is 7.64.